The lowest BCUT2D eigenvalue weighted by atomic mass is 10.3. The third-order valence-electron chi connectivity index (χ3n) is 2.65. The van der Waals surface area contributed by atoms with Gasteiger partial charge >= 0.3 is 0 Å². The first kappa shape index (κ1) is 13.0. The van der Waals surface area contributed by atoms with E-state index in [2.05, 4.69) is 4.72 Å². The Kier molecular flexibility index (Phi) is 3.84. The first-order valence-electron chi connectivity index (χ1n) is 5.32. The molecule has 0 aromatic carbocycles. The average Bonchev–Trinajstić information content (AvgIpc) is 2.86. The molecule has 0 aliphatic carbocycles. The van der Waals surface area contributed by atoms with Crippen molar-refractivity contribution in [3.05, 3.63) is 15.8 Å². The van der Waals surface area contributed by atoms with E-state index >= 15 is 0 Å². The van der Waals surface area contributed by atoms with E-state index in [4.69, 9.17) is 9.84 Å². The van der Waals surface area contributed by atoms with Crippen LogP contribution in [0.25, 0.3) is 0 Å². The predicted molar refractivity (Wildman–Crippen MR) is 64.5 cm³/mol. The van der Waals surface area contributed by atoms with Crippen molar-refractivity contribution in [1.29, 1.82) is 0 Å². The van der Waals surface area contributed by atoms with Gasteiger partial charge in [-0.05, 0) is 24.3 Å². The Hall–Kier alpha value is -0.470. The molecule has 1 unspecified atom stereocenters. The summed E-state index contributed by atoms with van der Waals surface area (Å²) in [4.78, 5) is 0.700. The highest BCUT2D eigenvalue weighted by Gasteiger charge is 2.27. The average molecular weight is 277 g/mol. The standard InChI is InChI=1S/C10H15NO4S2/c1-7-6-16-9(4-12)10(7)17(13,14)11-8-2-3-15-5-8/h6,8,11-12H,2-5H2,1H3. The fraction of sp³-hybridized carbons (Fsp3) is 0.600. The van der Waals surface area contributed by atoms with E-state index in [1.807, 2.05) is 0 Å². The Morgan fingerprint density at radius 2 is 2.41 bits per heavy atom. The molecule has 0 radical (unpaired) electrons. The molecule has 96 valence electrons. The number of thiophene rings is 1. The number of rotatable bonds is 4. The first-order valence-corrected chi connectivity index (χ1v) is 7.69. The van der Waals surface area contributed by atoms with Crippen LogP contribution in [0.5, 0.6) is 0 Å². The zero-order valence-corrected chi connectivity index (χ0v) is 11.1. The zero-order chi connectivity index (χ0) is 12.5. The minimum absolute atomic E-state index is 0.161. The van der Waals surface area contributed by atoms with Gasteiger partial charge in [-0.1, -0.05) is 0 Å². The summed E-state index contributed by atoms with van der Waals surface area (Å²) in [5, 5.41) is 10.9. The molecule has 17 heavy (non-hydrogen) atoms. The van der Waals surface area contributed by atoms with Crippen molar-refractivity contribution >= 4 is 21.4 Å². The molecule has 1 aromatic rings. The lowest BCUT2D eigenvalue weighted by Gasteiger charge is -2.12. The molecule has 0 amide bonds. The molecule has 2 rings (SSSR count). The molecule has 5 nitrogen and oxygen atoms in total. The third-order valence-corrected chi connectivity index (χ3v) is 5.62. The van der Waals surface area contributed by atoms with Gasteiger partial charge in [0.15, 0.2) is 0 Å². The van der Waals surface area contributed by atoms with Gasteiger partial charge in [-0.3, -0.25) is 0 Å². The summed E-state index contributed by atoms with van der Waals surface area (Å²) in [6.45, 7) is 2.48. The molecule has 2 heterocycles. The Labute approximate surface area is 104 Å². The maximum absolute atomic E-state index is 12.2. The van der Waals surface area contributed by atoms with Gasteiger partial charge in [0.1, 0.15) is 4.90 Å². The van der Waals surface area contributed by atoms with Crippen molar-refractivity contribution in [3.8, 4) is 0 Å². The molecule has 0 bridgehead atoms. The minimum Gasteiger partial charge on any atom is -0.391 e. The van der Waals surface area contributed by atoms with Crippen molar-refractivity contribution in [2.24, 2.45) is 0 Å². The van der Waals surface area contributed by atoms with Gasteiger partial charge in [-0.25, -0.2) is 13.1 Å². The molecule has 2 N–H and O–H groups in total. The molecule has 7 heteroatoms. The summed E-state index contributed by atoms with van der Waals surface area (Å²) in [6, 6.07) is -0.161. The minimum atomic E-state index is -3.55. The first-order chi connectivity index (χ1) is 8.04. The van der Waals surface area contributed by atoms with E-state index in [1.165, 1.54) is 11.3 Å². The number of hydrogen-bond acceptors (Lipinski definition) is 5. The molecule has 1 aromatic heterocycles. The van der Waals surface area contributed by atoms with E-state index < -0.39 is 10.0 Å². The van der Waals surface area contributed by atoms with E-state index in [-0.39, 0.29) is 17.5 Å². The summed E-state index contributed by atoms with van der Waals surface area (Å²) in [5.74, 6) is 0. The maximum Gasteiger partial charge on any atom is 0.242 e. The number of aliphatic hydroxyl groups excluding tert-OH is 1. The Bertz CT molecular complexity index is 488. The van der Waals surface area contributed by atoms with Crippen molar-refractivity contribution in [2.45, 2.75) is 30.9 Å². The topological polar surface area (TPSA) is 75.6 Å². The van der Waals surface area contributed by atoms with Gasteiger partial charge < -0.3 is 9.84 Å². The van der Waals surface area contributed by atoms with E-state index in [1.54, 1.807) is 12.3 Å². The quantitative estimate of drug-likeness (QED) is 0.846. The monoisotopic (exact) mass is 277 g/mol. The number of nitrogens with one attached hydrogen (secondary N) is 1. The van der Waals surface area contributed by atoms with E-state index in [0.29, 0.717) is 30.1 Å². The SMILES string of the molecule is Cc1csc(CO)c1S(=O)(=O)NC1CCOC1. The highest BCUT2D eigenvalue weighted by Crippen LogP contribution is 2.27. The molecule has 1 aliphatic heterocycles. The van der Waals surface area contributed by atoms with Crippen LogP contribution < -0.4 is 4.72 Å². The zero-order valence-electron chi connectivity index (χ0n) is 9.47. The van der Waals surface area contributed by atoms with E-state index in [0.717, 1.165) is 0 Å². The summed E-state index contributed by atoms with van der Waals surface area (Å²) in [7, 11) is -3.55. The predicted octanol–water partition coefficient (Wildman–Crippen LogP) is 0.616. The van der Waals surface area contributed by atoms with Gasteiger partial charge in [0.2, 0.25) is 10.0 Å². The number of hydrogen-bond donors (Lipinski definition) is 2. The molecule has 1 saturated heterocycles. The van der Waals surface area contributed by atoms with Gasteiger partial charge in [0.05, 0.1) is 18.1 Å². The van der Waals surface area contributed by atoms with Crippen LogP contribution in [0.3, 0.4) is 0 Å². The van der Waals surface area contributed by atoms with Crippen LogP contribution in [0, 0.1) is 6.92 Å². The van der Waals surface area contributed by atoms with Crippen LogP contribution in [0.15, 0.2) is 10.3 Å². The van der Waals surface area contributed by atoms with Crippen LogP contribution in [-0.2, 0) is 21.4 Å². The van der Waals surface area contributed by atoms with Gasteiger partial charge in [0.25, 0.3) is 0 Å². The van der Waals surface area contributed by atoms with Crippen LogP contribution in [-0.4, -0.2) is 32.8 Å². The number of ether oxygens (including phenoxy) is 1. The maximum atomic E-state index is 12.2. The highest BCUT2D eigenvalue weighted by atomic mass is 32.2. The summed E-state index contributed by atoms with van der Waals surface area (Å²) in [5.41, 5.74) is 0.672. The number of sulfonamides is 1. The summed E-state index contributed by atoms with van der Waals surface area (Å²) >= 11 is 1.26. The molecule has 1 atom stereocenters. The van der Waals surface area contributed by atoms with Crippen LogP contribution in [0.2, 0.25) is 0 Å². The summed E-state index contributed by atoms with van der Waals surface area (Å²) < 4.78 is 32.1. The van der Waals surface area contributed by atoms with Gasteiger partial charge in [0, 0.05) is 12.6 Å². The van der Waals surface area contributed by atoms with Crippen molar-refractivity contribution in [1.82, 2.24) is 4.72 Å². The van der Waals surface area contributed by atoms with Crippen LogP contribution in [0.1, 0.15) is 16.9 Å². The second-order valence-electron chi connectivity index (χ2n) is 4.01. The van der Waals surface area contributed by atoms with Crippen LogP contribution >= 0.6 is 11.3 Å². The van der Waals surface area contributed by atoms with Gasteiger partial charge in [-0.15, -0.1) is 11.3 Å². The van der Waals surface area contributed by atoms with Gasteiger partial charge in [-0.2, -0.15) is 0 Å². The normalized spacial score (nSPS) is 20.9. The second-order valence-corrected chi connectivity index (χ2v) is 6.63. The number of aliphatic hydroxyl groups is 1. The molecular weight excluding hydrogens is 262 g/mol. The lowest BCUT2D eigenvalue weighted by Crippen LogP contribution is -2.35. The Morgan fingerprint density at radius 1 is 1.65 bits per heavy atom. The summed E-state index contributed by atoms with van der Waals surface area (Å²) in [6.07, 6.45) is 0.691. The van der Waals surface area contributed by atoms with Crippen molar-refractivity contribution < 1.29 is 18.3 Å². The Morgan fingerprint density at radius 3 is 3.00 bits per heavy atom. The number of aryl methyl sites for hydroxylation is 1. The molecule has 0 spiro atoms. The van der Waals surface area contributed by atoms with E-state index in [9.17, 15) is 8.42 Å². The highest BCUT2D eigenvalue weighted by molar-refractivity contribution is 7.89. The van der Waals surface area contributed by atoms with Crippen molar-refractivity contribution in [3.63, 3.8) is 0 Å². The molecule has 1 fully saturated rings. The smallest absolute Gasteiger partial charge is 0.242 e. The largest absolute Gasteiger partial charge is 0.391 e. The third kappa shape index (κ3) is 2.69. The molecular formula is C10H15NO4S2. The van der Waals surface area contributed by atoms with Crippen molar-refractivity contribution in [2.75, 3.05) is 13.2 Å². The van der Waals surface area contributed by atoms with Crippen LogP contribution in [0.4, 0.5) is 0 Å². The fourth-order valence-electron chi connectivity index (χ4n) is 1.86. The Balaban J connectivity index is 2.27. The lowest BCUT2D eigenvalue weighted by molar-refractivity contribution is 0.192. The fourth-order valence-corrected chi connectivity index (χ4v) is 4.78. The molecule has 1 aliphatic rings. The molecule has 0 saturated carbocycles. The second kappa shape index (κ2) is 5.03.